The second-order valence-corrected chi connectivity index (χ2v) is 3.58. The van der Waals surface area contributed by atoms with Gasteiger partial charge in [-0.3, -0.25) is 4.98 Å². The number of hydrogen-bond acceptors (Lipinski definition) is 1. The molecule has 1 aromatic rings. The van der Waals surface area contributed by atoms with E-state index >= 15 is 0 Å². The predicted octanol–water partition coefficient (Wildman–Crippen LogP) is 3.07. The van der Waals surface area contributed by atoms with Crippen LogP contribution in [-0.2, 0) is 5.92 Å². The number of halogens is 2. The molecule has 0 spiro atoms. The van der Waals surface area contributed by atoms with Gasteiger partial charge in [0, 0.05) is 18.2 Å². The van der Waals surface area contributed by atoms with E-state index in [9.17, 15) is 8.78 Å². The van der Waals surface area contributed by atoms with Gasteiger partial charge in [0.1, 0.15) is 0 Å². The highest BCUT2D eigenvalue weighted by atomic mass is 19.3. The number of fused-ring (bicyclic) bond motifs is 1. The van der Waals surface area contributed by atoms with Gasteiger partial charge in [0.05, 0.1) is 5.69 Å². The van der Waals surface area contributed by atoms with E-state index in [4.69, 9.17) is 0 Å². The Bertz CT molecular complexity index is 322. The van der Waals surface area contributed by atoms with Gasteiger partial charge in [-0.15, -0.1) is 0 Å². The van der Waals surface area contributed by atoms with E-state index in [1.807, 2.05) is 6.92 Å². The SMILES string of the molecule is C[C@H]1CCC(F)(F)c2cccnc21. The lowest BCUT2D eigenvalue weighted by Gasteiger charge is -2.28. The highest BCUT2D eigenvalue weighted by molar-refractivity contribution is 5.29. The Morgan fingerprint density at radius 1 is 1.54 bits per heavy atom. The van der Waals surface area contributed by atoms with Crippen molar-refractivity contribution in [2.75, 3.05) is 0 Å². The van der Waals surface area contributed by atoms with Crippen LogP contribution in [0.5, 0.6) is 0 Å². The lowest BCUT2D eigenvalue weighted by atomic mass is 9.85. The van der Waals surface area contributed by atoms with Crippen molar-refractivity contribution >= 4 is 0 Å². The summed E-state index contributed by atoms with van der Waals surface area (Å²) in [4.78, 5) is 4.02. The Morgan fingerprint density at radius 3 is 3.00 bits per heavy atom. The summed E-state index contributed by atoms with van der Waals surface area (Å²) in [6.45, 7) is 1.95. The third kappa shape index (κ3) is 1.32. The number of hydrogen-bond donors (Lipinski definition) is 0. The predicted molar refractivity (Wildman–Crippen MR) is 45.8 cm³/mol. The number of pyridine rings is 1. The smallest absolute Gasteiger partial charge is 0.261 e. The molecular weight excluding hydrogens is 172 g/mol. The second kappa shape index (κ2) is 2.76. The van der Waals surface area contributed by atoms with Crippen LogP contribution in [0.1, 0.15) is 36.9 Å². The van der Waals surface area contributed by atoms with Gasteiger partial charge < -0.3 is 0 Å². The molecule has 1 aliphatic rings. The summed E-state index contributed by atoms with van der Waals surface area (Å²) in [6.07, 6.45) is 2.06. The zero-order chi connectivity index (χ0) is 9.47. The minimum Gasteiger partial charge on any atom is -0.261 e. The van der Waals surface area contributed by atoms with Crippen molar-refractivity contribution in [1.82, 2.24) is 4.98 Å². The molecule has 13 heavy (non-hydrogen) atoms. The first-order valence-corrected chi connectivity index (χ1v) is 4.44. The van der Waals surface area contributed by atoms with Crippen molar-refractivity contribution in [2.45, 2.75) is 31.6 Å². The maximum absolute atomic E-state index is 13.3. The average Bonchev–Trinajstić information content (AvgIpc) is 2.13. The fourth-order valence-electron chi connectivity index (χ4n) is 1.79. The maximum atomic E-state index is 13.3. The van der Waals surface area contributed by atoms with Crippen LogP contribution in [0.25, 0.3) is 0 Å². The molecule has 0 saturated carbocycles. The molecule has 0 saturated heterocycles. The first-order valence-electron chi connectivity index (χ1n) is 4.44. The van der Waals surface area contributed by atoms with E-state index < -0.39 is 5.92 Å². The number of rotatable bonds is 0. The Hall–Kier alpha value is -0.990. The van der Waals surface area contributed by atoms with Crippen LogP contribution in [0, 0.1) is 0 Å². The Balaban J connectivity index is 2.55. The Morgan fingerprint density at radius 2 is 2.31 bits per heavy atom. The van der Waals surface area contributed by atoms with Gasteiger partial charge in [0.25, 0.3) is 5.92 Å². The van der Waals surface area contributed by atoms with Crippen LogP contribution in [0.2, 0.25) is 0 Å². The van der Waals surface area contributed by atoms with E-state index in [-0.39, 0.29) is 17.9 Å². The minimum atomic E-state index is -2.67. The molecule has 2 rings (SSSR count). The summed E-state index contributed by atoms with van der Waals surface area (Å²) < 4.78 is 26.7. The zero-order valence-corrected chi connectivity index (χ0v) is 7.43. The molecule has 0 aromatic carbocycles. The van der Waals surface area contributed by atoms with Crippen molar-refractivity contribution in [1.29, 1.82) is 0 Å². The quantitative estimate of drug-likeness (QED) is 0.602. The average molecular weight is 183 g/mol. The fraction of sp³-hybridized carbons (Fsp3) is 0.500. The molecule has 0 fully saturated rings. The van der Waals surface area contributed by atoms with Gasteiger partial charge in [-0.1, -0.05) is 6.92 Å². The van der Waals surface area contributed by atoms with Crippen LogP contribution >= 0.6 is 0 Å². The molecule has 0 amide bonds. The Kier molecular flexibility index (Phi) is 1.82. The van der Waals surface area contributed by atoms with E-state index in [1.165, 1.54) is 6.07 Å². The summed E-state index contributed by atoms with van der Waals surface area (Å²) in [5, 5.41) is 0. The molecule has 1 aliphatic carbocycles. The van der Waals surface area contributed by atoms with Crippen LogP contribution < -0.4 is 0 Å². The molecule has 0 bridgehead atoms. The Labute approximate surface area is 75.8 Å². The molecule has 0 unspecified atom stereocenters. The van der Waals surface area contributed by atoms with Gasteiger partial charge in [-0.2, -0.15) is 0 Å². The first kappa shape index (κ1) is 8.60. The molecular formula is C10H11F2N. The number of aromatic nitrogens is 1. The maximum Gasteiger partial charge on any atom is 0.275 e. The molecule has 0 radical (unpaired) electrons. The van der Waals surface area contributed by atoms with E-state index in [0.29, 0.717) is 12.1 Å². The third-order valence-corrected chi connectivity index (χ3v) is 2.59. The van der Waals surface area contributed by atoms with Gasteiger partial charge in [-0.05, 0) is 24.5 Å². The highest BCUT2D eigenvalue weighted by Gasteiger charge is 2.39. The minimum absolute atomic E-state index is 0.0488. The van der Waals surface area contributed by atoms with Gasteiger partial charge in [0.2, 0.25) is 0 Å². The summed E-state index contributed by atoms with van der Waals surface area (Å²) >= 11 is 0. The summed E-state index contributed by atoms with van der Waals surface area (Å²) in [5.74, 6) is -2.51. The van der Waals surface area contributed by atoms with E-state index in [0.717, 1.165) is 0 Å². The van der Waals surface area contributed by atoms with E-state index in [1.54, 1.807) is 12.3 Å². The van der Waals surface area contributed by atoms with Crippen molar-refractivity contribution in [2.24, 2.45) is 0 Å². The fourth-order valence-corrected chi connectivity index (χ4v) is 1.79. The number of alkyl halides is 2. The van der Waals surface area contributed by atoms with Crippen LogP contribution in [0.3, 0.4) is 0 Å². The van der Waals surface area contributed by atoms with Crippen molar-refractivity contribution in [3.63, 3.8) is 0 Å². The van der Waals surface area contributed by atoms with Crippen LogP contribution in [-0.4, -0.2) is 4.98 Å². The summed E-state index contributed by atoms with van der Waals surface area (Å²) in [5.41, 5.74) is 0.688. The molecule has 70 valence electrons. The van der Waals surface area contributed by atoms with Gasteiger partial charge in [0.15, 0.2) is 0 Å². The van der Waals surface area contributed by atoms with Crippen molar-refractivity contribution < 1.29 is 8.78 Å². The molecule has 0 aliphatic heterocycles. The van der Waals surface area contributed by atoms with Gasteiger partial charge >= 0.3 is 0 Å². The lowest BCUT2D eigenvalue weighted by molar-refractivity contribution is -0.0253. The van der Waals surface area contributed by atoms with Crippen LogP contribution in [0.15, 0.2) is 18.3 Å². The second-order valence-electron chi connectivity index (χ2n) is 3.58. The molecule has 1 aromatic heterocycles. The van der Waals surface area contributed by atoms with Crippen LogP contribution in [0.4, 0.5) is 8.78 Å². The summed E-state index contributed by atoms with van der Waals surface area (Å²) in [7, 11) is 0. The summed E-state index contributed by atoms with van der Waals surface area (Å²) in [6, 6.07) is 3.06. The molecule has 1 atom stereocenters. The molecule has 1 heterocycles. The standard InChI is InChI=1S/C10H11F2N/c1-7-4-5-10(11,12)8-3-2-6-13-9(7)8/h2-3,6-7H,4-5H2,1H3/t7-/m0/s1. The highest BCUT2D eigenvalue weighted by Crippen LogP contribution is 2.43. The number of nitrogens with zero attached hydrogens (tertiary/aromatic N) is 1. The first-order chi connectivity index (χ1) is 6.11. The molecule has 3 heteroatoms. The zero-order valence-electron chi connectivity index (χ0n) is 7.43. The van der Waals surface area contributed by atoms with Gasteiger partial charge in [-0.25, -0.2) is 8.78 Å². The molecule has 0 N–H and O–H groups in total. The normalized spacial score (nSPS) is 25.3. The van der Waals surface area contributed by atoms with E-state index in [2.05, 4.69) is 4.98 Å². The third-order valence-electron chi connectivity index (χ3n) is 2.59. The lowest BCUT2D eigenvalue weighted by Crippen LogP contribution is -2.23. The molecule has 1 nitrogen and oxygen atoms in total. The largest absolute Gasteiger partial charge is 0.275 e. The topological polar surface area (TPSA) is 12.9 Å². The monoisotopic (exact) mass is 183 g/mol. The van der Waals surface area contributed by atoms with Crippen molar-refractivity contribution in [3.8, 4) is 0 Å². The van der Waals surface area contributed by atoms with Crippen molar-refractivity contribution in [3.05, 3.63) is 29.6 Å².